The third kappa shape index (κ3) is 2.25. The van der Waals surface area contributed by atoms with E-state index in [1.807, 2.05) is 0 Å². The van der Waals surface area contributed by atoms with E-state index in [2.05, 4.69) is 20.6 Å². The van der Waals surface area contributed by atoms with Crippen molar-refractivity contribution in [3.8, 4) is 0 Å². The summed E-state index contributed by atoms with van der Waals surface area (Å²) in [6.07, 6.45) is 0. The summed E-state index contributed by atoms with van der Waals surface area (Å²) >= 11 is 1.14. The van der Waals surface area contributed by atoms with E-state index in [0.29, 0.717) is 16.3 Å². The van der Waals surface area contributed by atoms with Gasteiger partial charge in [-0.2, -0.15) is 4.52 Å². The third-order valence-electron chi connectivity index (χ3n) is 2.74. The average Bonchev–Trinajstić information content (AvgIpc) is 3.00. The molecule has 0 atom stereocenters. The highest BCUT2D eigenvalue weighted by Gasteiger charge is 2.15. The Bertz CT molecular complexity index is 781. The van der Waals surface area contributed by atoms with Gasteiger partial charge in [0, 0.05) is 12.1 Å². The number of fused-ring (bicyclic) bond motifs is 1. The molecule has 0 radical (unpaired) electrons. The summed E-state index contributed by atoms with van der Waals surface area (Å²) in [6, 6.07) is 6.30. The molecule has 2 heterocycles. The maximum absolute atomic E-state index is 13.4. The summed E-state index contributed by atoms with van der Waals surface area (Å²) in [4.78, 5) is 12.5. The van der Waals surface area contributed by atoms with Crippen LogP contribution in [0.5, 0.6) is 0 Å². The van der Waals surface area contributed by atoms with Gasteiger partial charge < -0.3 is 5.32 Å². The van der Waals surface area contributed by atoms with E-state index in [9.17, 15) is 9.18 Å². The van der Waals surface area contributed by atoms with Crippen molar-refractivity contribution in [1.29, 1.82) is 0 Å². The first-order chi connectivity index (χ1) is 9.65. The van der Waals surface area contributed by atoms with Gasteiger partial charge in [0.25, 0.3) is 5.91 Å². The second kappa shape index (κ2) is 4.97. The number of amides is 1. The van der Waals surface area contributed by atoms with Crippen molar-refractivity contribution in [2.45, 2.75) is 13.5 Å². The van der Waals surface area contributed by atoms with Gasteiger partial charge in [-0.05, 0) is 13.0 Å². The van der Waals surface area contributed by atoms with Crippen LogP contribution in [0.25, 0.3) is 4.96 Å². The lowest BCUT2D eigenvalue weighted by molar-refractivity contribution is 0.0949. The fourth-order valence-corrected chi connectivity index (χ4v) is 2.50. The molecular weight excluding hydrogens is 281 g/mol. The predicted molar refractivity (Wildman–Crippen MR) is 71.0 cm³/mol. The monoisotopic (exact) mass is 291 g/mol. The maximum Gasteiger partial charge on any atom is 0.282 e. The maximum atomic E-state index is 13.4. The van der Waals surface area contributed by atoms with Gasteiger partial charge in [-0.1, -0.05) is 29.5 Å². The van der Waals surface area contributed by atoms with Crippen molar-refractivity contribution < 1.29 is 9.18 Å². The molecule has 0 unspecified atom stereocenters. The van der Waals surface area contributed by atoms with E-state index in [1.54, 1.807) is 25.1 Å². The van der Waals surface area contributed by atoms with Crippen molar-refractivity contribution in [3.63, 3.8) is 0 Å². The molecule has 0 spiro atoms. The summed E-state index contributed by atoms with van der Waals surface area (Å²) in [5.74, 6) is -0.0886. The Hall–Kier alpha value is -2.35. The van der Waals surface area contributed by atoms with Crippen molar-refractivity contribution in [2.24, 2.45) is 0 Å². The second-order valence-corrected chi connectivity index (χ2v) is 5.08. The number of benzene rings is 1. The van der Waals surface area contributed by atoms with Crippen LogP contribution >= 0.6 is 11.3 Å². The van der Waals surface area contributed by atoms with Gasteiger partial charge in [-0.3, -0.25) is 4.79 Å². The zero-order chi connectivity index (χ0) is 14.1. The third-order valence-corrected chi connectivity index (χ3v) is 3.64. The first-order valence-electron chi connectivity index (χ1n) is 5.85. The Morgan fingerprint density at radius 1 is 1.40 bits per heavy atom. The van der Waals surface area contributed by atoms with Crippen molar-refractivity contribution >= 4 is 22.2 Å². The molecule has 1 amide bonds. The summed E-state index contributed by atoms with van der Waals surface area (Å²) < 4.78 is 14.9. The fourth-order valence-electron chi connectivity index (χ4n) is 1.70. The lowest BCUT2D eigenvalue weighted by atomic mass is 10.2. The zero-order valence-corrected chi connectivity index (χ0v) is 11.3. The average molecular weight is 291 g/mol. The number of halogens is 1. The van der Waals surface area contributed by atoms with Crippen LogP contribution in [0.3, 0.4) is 0 Å². The molecule has 8 heteroatoms. The van der Waals surface area contributed by atoms with E-state index in [4.69, 9.17) is 0 Å². The topological polar surface area (TPSA) is 72.2 Å². The highest BCUT2D eigenvalue weighted by Crippen LogP contribution is 2.13. The molecule has 102 valence electrons. The van der Waals surface area contributed by atoms with E-state index < -0.39 is 0 Å². The van der Waals surface area contributed by atoms with Crippen LogP contribution in [-0.2, 0) is 6.54 Å². The quantitative estimate of drug-likeness (QED) is 0.795. The molecule has 0 saturated carbocycles. The number of aryl methyl sites for hydroxylation is 1. The number of hydrogen-bond donors (Lipinski definition) is 1. The van der Waals surface area contributed by atoms with Crippen molar-refractivity contribution in [1.82, 2.24) is 25.1 Å². The minimum Gasteiger partial charge on any atom is -0.346 e. The van der Waals surface area contributed by atoms with E-state index in [1.165, 1.54) is 10.6 Å². The highest BCUT2D eigenvalue weighted by molar-refractivity contribution is 7.18. The Labute approximate surface area is 117 Å². The van der Waals surface area contributed by atoms with Gasteiger partial charge in [-0.15, -0.1) is 15.3 Å². The minimum absolute atomic E-state index is 0.116. The van der Waals surface area contributed by atoms with Crippen LogP contribution < -0.4 is 5.32 Å². The van der Waals surface area contributed by atoms with Crippen LogP contribution in [-0.4, -0.2) is 25.7 Å². The summed E-state index contributed by atoms with van der Waals surface area (Å²) in [7, 11) is 0. The lowest BCUT2D eigenvalue weighted by Gasteiger charge is -2.03. The zero-order valence-electron chi connectivity index (χ0n) is 10.5. The normalized spacial score (nSPS) is 10.9. The van der Waals surface area contributed by atoms with Gasteiger partial charge in [0.15, 0.2) is 5.82 Å². The smallest absolute Gasteiger partial charge is 0.282 e. The van der Waals surface area contributed by atoms with Gasteiger partial charge in [0.05, 0.1) is 0 Å². The Morgan fingerprint density at radius 2 is 2.20 bits per heavy atom. The van der Waals surface area contributed by atoms with Gasteiger partial charge in [-0.25, -0.2) is 4.39 Å². The SMILES string of the molecule is Cc1nnc2sc(C(=O)NCc3ccccc3F)nn12. The molecule has 3 rings (SSSR count). The molecule has 1 N–H and O–H groups in total. The predicted octanol–water partition coefficient (Wildman–Crippen LogP) is 1.56. The Balaban J connectivity index is 1.74. The van der Waals surface area contributed by atoms with Gasteiger partial charge >= 0.3 is 0 Å². The number of aromatic nitrogens is 4. The Kier molecular flexibility index (Phi) is 3.15. The molecule has 6 nitrogen and oxygen atoms in total. The number of nitrogens with one attached hydrogen (secondary N) is 1. The second-order valence-electron chi connectivity index (χ2n) is 4.12. The van der Waals surface area contributed by atoms with Crippen LogP contribution in [0.2, 0.25) is 0 Å². The van der Waals surface area contributed by atoms with E-state index >= 15 is 0 Å². The molecule has 1 aromatic carbocycles. The first-order valence-corrected chi connectivity index (χ1v) is 6.67. The molecule has 0 aliphatic heterocycles. The summed E-state index contributed by atoms with van der Waals surface area (Å²) in [6.45, 7) is 1.87. The largest absolute Gasteiger partial charge is 0.346 e. The number of nitrogens with zero attached hydrogens (tertiary/aromatic N) is 4. The van der Waals surface area contributed by atoms with Crippen LogP contribution in [0.15, 0.2) is 24.3 Å². The summed E-state index contributed by atoms with van der Waals surface area (Å²) in [5.41, 5.74) is 0.431. The molecule has 0 aliphatic carbocycles. The van der Waals surface area contributed by atoms with Gasteiger partial charge in [0.2, 0.25) is 9.97 Å². The molecule has 2 aromatic heterocycles. The fraction of sp³-hybridized carbons (Fsp3) is 0.167. The first kappa shape index (κ1) is 12.7. The molecule has 0 fully saturated rings. The van der Waals surface area contributed by atoms with Crippen LogP contribution in [0, 0.1) is 12.7 Å². The van der Waals surface area contributed by atoms with Crippen LogP contribution in [0.1, 0.15) is 21.2 Å². The lowest BCUT2D eigenvalue weighted by Crippen LogP contribution is -2.23. The van der Waals surface area contributed by atoms with E-state index in [0.717, 1.165) is 11.3 Å². The number of carbonyl (C=O) groups is 1. The molecule has 0 saturated heterocycles. The molecular formula is C12H10FN5OS. The number of carbonyl (C=O) groups excluding carboxylic acids is 1. The number of rotatable bonds is 3. The molecule has 0 bridgehead atoms. The van der Waals surface area contributed by atoms with Crippen molar-refractivity contribution in [2.75, 3.05) is 0 Å². The number of hydrogen-bond acceptors (Lipinski definition) is 5. The molecule has 20 heavy (non-hydrogen) atoms. The van der Waals surface area contributed by atoms with Crippen molar-refractivity contribution in [3.05, 3.63) is 46.5 Å². The Morgan fingerprint density at radius 3 is 2.95 bits per heavy atom. The minimum atomic E-state index is -0.358. The van der Waals surface area contributed by atoms with Gasteiger partial charge in [0.1, 0.15) is 5.82 Å². The van der Waals surface area contributed by atoms with E-state index in [-0.39, 0.29) is 23.3 Å². The van der Waals surface area contributed by atoms with Crippen LogP contribution in [0.4, 0.5) is 4.39 Å². The molecule has 3 aromatic rings. The summed E-state index contributed by atoms with van der Waals surface area (Å²) in [5, 5.41) is 14.7. The standard InChI is InChI=1S/C12H10FN5OS/c1-7-15-16-12-18(7)17-11(20-12)10(19)14-6-8-4-2-3-5-9(8)13/h2-5H,6H2,1H3,(H,14,19). The highest BCUT2D eigenvalue weighted by atomic mass is 32.1. The molecule has 0 aliphatic rings.